The Labute approximate surface area is 225 Å². The highest BCUT2D eigenvalue weighted by molar-refractivity contribution is 5.80. The molecule has 1 aliphatic carbocycles. The number of hydrogen-bond donors (Lipinski definition) is 0. The van der Waals surface area contributed by atoms with Gasteiger partial charge in [0.15, 0.2) is 0 Å². The molecule has 0 aromatic heterocycles. The van der Waals surface area contributed by atoms with Crippen LogP contribution in [-0.2, 0) is 16.9 Å². The number of benzene rings is 2. The van der Waals surface area contributed by atoms with E-state index in [1.165, 1.54) is 56.1 Å². The zero-order valence-electron chi connectivity index (χ0n) is 23.8. The van der Waals surface area contributed by atoms with Crippen molar-refractivity contribution in [3.05, 3.63) is 65.7 Å². The average Bonchev–Trinajstić information content (AvgIpc) is 2.92. The lowest BCUT2D eigenvalue weighted by Gasteiger charge is -2.57. The summed E-state index contributed by atoms with van der Waals surface area (Å²) >= 11 is 0. The molecule has 37 heavy (non-hydrogen) atoms. The highest BCUT2D eigenvalue weighted by Gasteiger charge is 2.54. The van der Waals surface area contributed by atoms with Crippen LogP contribution in [0.4, 0.5) is 0 Å². The van der Waals surface area contributed by atoms with E-state index in [4.69, 9.17) is 4.74 Å². The van der Waals surface area contributed by atoms with Crippen molar-refractivity contribution in [1.82, 2.24) is 9.80 Å². The first-order chi connectivity index (χ1) is 17.8. The fraction of sp³-hybridized carbons (Fsp3) is 0.606. The second-order valence-electron chi connectivity index (χ2n) is 11.9. The van der Waals surface area contributed by atoms with E-state index in [1.54, 1.807) is 7.11 Å². The van der Waals surface area contributed by atoms with Crippen LogP contribution in [0.3, 0.4) is 0 Å². The number of ether oxygens (including phenoxy) is 1. The molecule has 202 valence electrons. The quantitative estimate of drug-likeness (QED) is 0.319. The monoisotopic (exact) mass is 504 g/mol. The van der Waals surface area contributed by atoms with Crippen LogP contribution in [0.25, 0.3) is 0 Å². The van der Waals surface area contributed by atoms with E-state index in [2.05, 4.69) is 80.2 Å². The Hall–Kier alpha value is -2.33. The number of likely N-dealkylation sites (tertiary alicyclic amines) is 1. The Balaban J connectivity index is 1.59. The molecule has 0 bridgehead atoms. The van der Waals surface area contributed by atoms with Crippen LogP contribution in [0, 0.1) is 17.3 Å². The minimum absolute atomic E-state index is 0.0742. The van der Waals surface area contributed by atoms with Gasteiger partial charge in [-0.15, -0.1) is 0 Å². The van der Waals surface area contributed by atoms with Gasteiger partial charge in [-0.3, -0.25) is 9.69 Å². The molecule has 0 radical (unpaired) electrons. The van der Waals surface area contributed by atoms with Gasteiger partial charge in [-0.05, 0) is 80.8 Å². The summed E-state index contributed by atoms with van der Waals surface area (Å²) < 4.78 is 5.35. The Bertz CT molecular complexity index is 993. The summed E-state index contributed by atoms with van der Waals surface area (Å²) in [6.07, 6.45) is 10.9. The van der Waals surface area contributed by atoms with Crippen LogP contribution in [0.2, 0.25) is 0 Å². The fourth-order valence-corrected chi connectivity index (χ4v) is 7.43. The van der Waals surface area contributed by atoms with Gasteiger partial charge in [0.25, 0.3) is 0 Å². The van der Waals surface area contributed by atoms with Crippen molar-refractivity contribution < 1.29 is 9.53 Å². The molecule has 4 heteroatoms. The third kappa shape index (κ3) is 5.74. The van der Waals surface area contributed by atoms with Gasteiger partial charge in [0.1, 0.15) is 5.75 Å². The molecule has 2 aliphatic rings. The summed E-state index contributed by atoms with van der Waals surface area (Å²) in [6.45, 7) is 6.07. The molecule has 4 rings (SSSR count). The minimum Gasteiger partial charge on any atom is -0.497 e. The lowest BCUT2D eigenvalue weighted by molar-refractivity contribution is -0.155. The molecular weight excluding hydrogens is 456 g/mol. The summed E-state index contributed by atoms with van der Waals surface area (Å²) in [5, 5.41) is 0. The zero-order chi connectivity index (χ0) is 26.5. The highest BCUT2D eigenvalue weighted by atomic mass is 16.5. The highest BCUT2D eigenvalue weighted by Crippen LogP contribution is 2.56. The molecule has 1 saturated heterocycles. The van der Waals surface area contributed by atoms with E-state index in [0.29, 0.717) is 18.4 Å². The Morgan fingerprint density at radius 1 is 0.946 bits per heavy atom. The number of carbonyl (C=O) groups is 1. The Morgan fingerprint density at radius 3 is 2.22 bits per heavy atom. The Kier molecular flexibility index (Phi) is 9.00. The predicted octanol–water partition coefficient (Wildman–Crippen LogP) is 7.28. The maximum Gasteiger partial charge on any atom is 0.226 e. The molecule has 1 spiro atoms. The lowest BCUT2D eigenvalue weighted by Crippen LogP contribution is -2.59. The van der Waals surface area contributed by atoms with E-state index in [0.717, 1.165) is 25.1 Å². The molecule has 1 saturated carbocycles. The largest absolute Gasteiger partial charge is 0.497 e. The van der Waals surface area contributed by atoms with Crippen molar-refractivity contribution in [2.45, 2.75) is 83.7 Å². The topological polar surface area (TPSA) is 32.8 Å². The number of piperidine rings is 1. The van der Waals surface area contributed by atoms with Gasteiger partial charge in [-0.2, -0.15) is 0 Å². The molecule has 0 N–H and O–H groups in total. The molecule has 2 aromatic carbocycles. The maximum atomic E-state index is 13.7. The van der Waals surface area contributed by atoms with Crippen LogP contribution in [0.15, 0.2) is 54.6 Å². The summed E-state index contributed by atoms with van der Waals surface area (Å²) in [4.78, 5) is 18.4. The Morgan fingerprint density at radius 2 is 1.62 bits per heavy atom. The summed E-state index contributed by atoms with van der Waals surface area (Å²) in [7, 11) is 6.19. The van der Waals surface area contributed by atoms with Gasteiger partial charge in [0.05, 0.1) is 7.11 Å². The minimum atomic E-state index is 0.0742. The van der Waals surface area contributed by atoms with Crippen molar-refractivity contribution in [1.29, 1.82) is 0 Å². The van der Waals surface area contributed by atoms with Gasteiger partial charge in [0.2, 0.25) is 5.91 Å². The van der Waals surface area contributed by atoms with E-state index in [9.17, 15) is 4.79 Å². The van der Waals surface area contributed by atoms with Gasteiger partial charge in [-0.25, -0.2) is 0 Å². The maximum absolute atomic E-state index is 13.7. The molecule has 2 unspecified atom stereocenters. The number of methoxy groups -OCH3 is 1. The van der Waals surface area contributed by atoms with Crippen LogP contribution in [0.1, 0.15) is 82.8 Å². The lowest BCUT2D eigenvalue weighted by atomic mass is 9.55. The van der Waals surface area contributed by atoms with Gasteiger partial charge in [-0.1, -0.05) is 82.0 Å². The molecule has 4 nitrogen and oxygen atoms in total. The third-order valence-electron chi connectivity index (χ3n) is 9.74. The van der Waals surface area contributed by atoms with Crippen molar-refractivity contribution >= 4 is 5.91 Å². The first kappa shape index (κ1) is 27.7. The number of carbonyl (C=O) groups excluding carboxylic acids is 1. The fourth-order valence-electron chi connectivity index (χ4n) is 7.43. The molecule has 1 heterocycles. The van der Waals surface area contributed by atoms with E-state index >= 15 is 0 Å². The van der Waals surface area contributed by atoms with Crippen molar-refractivity contribution in [2.75, 3.05) is 27.7 Å². The van der Waals surface area contributed by atoms with Crippen molar-refractivity contribution in [2.24, 2.45) is 17.3 Å². The van der Waals surface area contributed by atoms with E-state index in [-0.39, 0.29) is 16.9 Å². The standard InChI is InChI=1S/C33H48N2O2/c1-6-7-8-12-15-30-26(2)31(36)35(24-27-16-18-29(37-5)19-17-27)25-32(30)20-22-33(23-21-32,34(3)4)28-13-10-9-11-14-28/h9-11,13-14,16-19,26,30H,6-8,12,15,20-25H2,1-5H3. The molecular formula is C33H48N2O2. The summed E-state index contributed by atoms with van der Waals surface area (Å²) in [5.74, 6) is 1.76. The van der Waals surface area contributed by atoms with E-state index in [1.807, 2.05) is 12.1 Å². The molecule has 1 aliphatic heterocycles. The molecule has 2 aromatic rings. The summed E-state index contributed by atoms with van der Waals surface area (Å²) in [6, 6.07) is 19.3. The number of nitrogens with zero attached hydrogens (tertiary/aromatic N) is 2. The smallest absolute Gasteiger partial charge is 0.226 e. The van der Waals surface area contributed by atoms with Crippen LogP contribution < -0.4 is 4.74 Å². The van der Waals surface area contributed by atoms with Gasteiger partial charge in [0, 0.05) is 24.5 Å². The number of rotatable bonds is 10. The van der Waals surface area contributed by atoms with Gasteiger partial charge < -0.3 is 9.64 Å². The van der Waals surface area contributed by atoms with E-state index < -0.39 is 0 Å². The first-order valence-electron chi connectivity index (χ1n) is 14.5. The average molecular weight is 505 g/mol. The van der Waals surface area contributed by atoms with Crippen LogP contribution in [-0.4, -0.2) is 43.5 Å². The second kappa shape index (κ2) is 12.0. The summed E-state index contributed by atoms with van der Waals surface area (Å²) in [5.41, 5.74) is 2.88. The SMILES string of the molecule is CCCCCCC1C(C)C(=O)N(Cc2ccc(OC)cc2)CC12CCC(c1ccccc1)(N(C)C)CC2. The number of unbranched alkanes of at least 4 members (excludes halogenated alkanes) is 3. The molecule has 2 atom stereocenters. The van der Waals surface area contributed by atoms with Crippen LogP contribution >= 0.6 is 0 Å². The predicted molar refractivity (Wildman–Crippen MR) is 153 cm³/mol. The molecule has 1 amide bonds. The van der Waals surface area contributed by atoms with Gasteiger partial charge >= 0.3 is 0 Å². The third-order valence-corrected chi connectivity index (χ3v) is 9.74. The van der Waals surface area contributed by atoms with Crippen LogP contribution in [0.5, 0.6) is 5.75 Å². The first-order valence-corrected chi connectivity index (χ1v) is 14.5. The van der Waals surface area contributed by atoms with Crippen molar-refractivity contribution in [3.8, 4) is 5.75 Å². The van der Waals surface area contributed by atoms with Crippen molar-refractivity contribution in [3.63, 3.8) is 0 Å². The number of amides is 1. The number of hydrogen-bond acceptors (Lipinski definition) is 3. The normalized spacial score (nSPS) is 28.2. The molecule has 2 fully saturated rings. The zero-order valence-corrected chi connectivity index (χ0v) is 23.8. The second-order valence-corrected chi connectivity index (χ2v) is 11.9.